The molecule has 0 bridgehead atoms. The molecule has 1 rings (SSSR count). The Balaban J connectivity index is 3.01. The van der Waals surface area contributed by atoms with Crippen LogP contribution in [0.3, 0.4) is 0 Å². The summed E-state index contributed by atoms with van der Waals surface area (Å²) < 4.78 is 0.703. The van der Waals surface area contributed by atoms with Crippen LogP contribution in [0.15, 0.2) is 22.7 Å². The van der Waals surface area contributed by atoms with Crippen molar-refractivity contribution in [2.45, 2.75) is 26.3 Å². The Bertz CT molecular complexity index is 314. The van der Waals surface area contributed by atoms with Gasteiger partial charge in [0.05, 0.1) is 4.47 Å². The predicted molar refractivity (Wildman–Crippen MR) is 62.2 cm³/mol. The second-order valence-electron chi connectivity index (χ2n) is 3.59. The number of phenolic OH excluding ortho intramolecular Hbond substituents is 1. The van der Waals surface area contributed by atoms with Crippen molar-refractivity contribution in [3.63, 3.8) is 0 Å². The van der Waals surface area contributed by atoms with Crippen molar-refractivity contribution in [1.82, 2.24) is 0 Å². The first-order valence-corrected chi connectivity index (χ1v) is 5.60. The Morgan fingerprint density at radius 2 is 2.14 bits per heavy atom. The zero-order valence-corrected chi connectivity index (χ0v) is 10.1. The third-order valence-electron chi connectivity index (χ3n) is 2.63. The van der Waals surface area contributed by atoms with Crippen LogP contribution >= 0.6 is 15.9 Å². The summed E-state index contributed by atoms with van der Waals surface area (Å²) in [5.74, 6) is 0.635. The van der Waals surface area contributed by atoms with E-state index in [0.717, 1.165) is 12.0 Å². The lowest BCUT2D eigenvalue weighted by atomic mass is 9.93. The van der Waals surface area contributed by atoms with Gasteiger partial charge in [-0.2, -0.15) is 0 Å². The van der Waals surface area contributed by atoms with E-state index in [1.54, 1.807) is 0 Å². The SMILES string of the molecule is CCC(C)[C@@H](N)c1cccc(Br)c1O. The van der Waals surface area contributed by atoms with Crippen molar-refractivity contribution in [1.29, 1.82) is 0 Å². The van der Waals surface area contributed by atoms with Gasteiger partial charge in [0.2, 0.25) is 0 Å². The Hall–Kier alpha value is -0.540. The van der Waals surface area contributed by atoms with Gasteiger partial charge >= 0.3 is 0 Å². The molecule has 1 aromatic rings. The first kappa shape index (κ1) is 11.5. The number of benzene rings is 1. The number of hydrogen-bond donors (Lipinski definition) is 2. The van der Waals surface area contributed by atoms with Crippen LogP contribution in [0.1, 0.15) is 31.9 Å². The van der Waals surface area contributed by atoms with Gasteiger partial charge in [-0.15, -0.1) is 0 Å². The zero-order chi connectivity index (χ0) is 10.7. The third kappa shape index (κ3) is 2.28. The van der Waals surface area contributed by atoms with E-state index in [0.29, 0.717) is 10.4 Å². The van der Waals surface area contributed by atoms with Gasteiger partial charge in [0.1, 0.15) is 5.75 Å². The first-order chi connectivity index (χ1) is 6.57. The summed E-state index contributed by atoms with van der Waals surface area (Å²) in [5, 5.41) is 9.79. The fourth-order valence-corrected chi connectivity index (χ4v) is 1.74. The van der Waals surface area contributed by atoms with Crippen LogP contribution in [-0.4, -0.2) is 5.11 Å². The molecule has 0 spiro atoms. The number of rotatable bonds is 3. The van der Waals surface area contributed by atoms with E-state index >= 15 is 0 Å². The summed E-state index contributed by atoms with van der Waals surface area (Å²) >= 11 is 3.28. The summed E-state index contributed by atoms with van der Waals surface area (Å²) in [7, 11) is 0. The molecule has 0 heterocycles. The van der Waals surface area contributed by atoms with E-state index < -0.39 is 0 Å². The molecular formula is C11H16BrNO. The van der Waals surface area contributed by atoms with Gasteiger partial charge in [-0.05, 0) is 27.9 Å². The summed E-state index contributed by atoms with van der Waals surface area (Å²) in [6.07, 6.45) is 1.01. The highest BCUT2D eigenvalue weighted by Crippen LogP contribution is 2.34. The molecular weight excluding hydrogens is 242 g/mol. The summed E-state index contributed by atoms with van der Waals surface area (Å²) in [6, 6.07) is 5.47. The van der Waals surface area contributed by atoms with Gasteiger partial charge in [0, 0.05) is 11.6 Å². The standard InChI is InChI=1S/C11H16BrNO/c1-3-7(2)10(13)8-5-4-6-9(12)11(8)14/h4-7,10,14H,3,13H2,1-2H3/t7?,10-/m1/s1. The zero-order valence-electron chi connectivity index (χ0n) is 8.50. The average Bonchev–Trinajstić information content (AvgIpc) is 2.20. The minimum absolute atomic E-state index is 0.0995. The van der Waals surface area contributed by atoms with Crippen molar-refractivity contribution in [2.75, 3.05) is 0 Å². The fraction of sp³-hybridized carbons (Fsp3) is 0.455. The van der Waals surface area contributed by atoms with Crippen LogP contribution in [-0.2, 0) is 0 Å². The molecule has 3 heteroatoms. The van der Waals surface area contributed by atoms with Crippen molar-refractivity contribution < 1.29 is 5.11 Å². The topological polar surface area (TPSA) is 46.2 Å². The number of phenols is 1. The monoisotopic (exact) mass is 257 g/mol. The van der Waals surface area contributed by atoms with Gasteiger partial charge in [-0.25, -0.2) is 0 Å². The molecule has 0 fully saturated rings. The van der Waals surface area contributed by atoms with Crippen LogP contribution in [0.25, 0.3) is 0 Å². The lowest BCUT2D eigenvalue weighted by Crippen LogP contribution is -2.18. The highest BCUT2D eigenvalue weighted by atomic mass is 79.9. The molecule has 3 N–H and O–H groups in total. The first-order valence-electron chi connectivity index (χ1n) is 4.80. The lowest BCUT2D eigenvalue weighted by molar-refractivity contribution is 0.417. The van der Waals surface area contributed by atoms with Crippen LogP contribution in [0, 0.1) is 5.92 Å². The van der Waals surface area contributed by atoms with Crippen LogP contribution in [0.2, 0.25) is 0 Å². The Morgan fingerprint density at radius 3 is 2.71 bits per heavy atom. The lowest BCUT2D eigenvalue weighted by Gasteiger charge is -2.20. The van der Waals surface area contributed by atoms with E-state index in [9.17, 15) is 5.11 Å². The van der Waals surface area contributed by atoms with E-state index in [2.05, 4.69) is 29.8 Å². The predicted octanol–water partition coefficient (Wildman–Crippen LogP) is 3.20. The summed E-state index contributed by atoms with van der Waals surface area (Å²) in [4.78, 5) is 0. The number of aromatic hydroxyl groups is 1. The van der Waals surface area contributed by atoms with Gasteiger partial charge < -0.3 is 10.8 Å². The highest BCUT2D eigenvalue weighted by molar-refractivity contribution is 9.10. The molecule has 0 radical (unpaired) electrons. The number of halogens is 1. The normalized spacial score (nSPS) is 15.1. The molecule has 0 saturated carbocycles. The van der Waals surface area contributed by atoms with Crippen LogP contribution < -0.4 is 5.73 Å². The summed E-state index contributed by atoms with van der Waals surface area (Å²) in [6.45, 7) is 4.19. The van der Waals surface area contributed by atoms with Crippen molar-refractivity contribution in [3.05, 3.63) is 28.2 Å². The number of para-hydroxylation sites is 1. The maximum atomic E-state index is 9.79. The molecule has 0 aromatic heterocycles. The molecule has 14 heavy (non-hydrogen) atoms. The number of nitrogens with two attached hydrogens (primary N) is 1. The van der Waals surface area contributed by atoms with Crippen LogP contribution in [0.4, 0.5) is 0 Å². The molecule has 2 atom stereocenters. The molecule has 0 aliphatic carbocycles. The van der Waals surface area contributed by atoms with E-state index in [1.165, 1.54) is 0 Å². The van der Waals surface area contributed by atoms with E-state index in [4.69, 9.17) is 5.73 Å². The van der Waals surface area contributed by atoms with Crippen molar-refractivity contribution >= 4 is 15.9 Å². The van der Waals surface area contributed by atoms with Crippen LogP contribution in [0.5, 0.6) is 5.75 Å². The molecule has 0 aliphatic rings. The van der Waals surface area contributed by atoms with Crippen molar-refractivity contribution in [2.24, 2.45) is 11.7 Å². The minimum atomic E-state index is -0.0995. The Kier molecular flexibility index (Phi) is 3.96. The van der Waals surface area contributed by atoms with Gasteiger partial charge in [-0.3, -0.25) is 0 Å². The van der Waals surface area contributed by atoms with E-state index in [1.807, 2.05) is 18.2 Å². The third-order valence-corrected chi connectivity index (χ3v) is 3.27. The molecule has 0 aliphatic heterocycles. The second-order valence-corrected chi connectivity index (χ2v) is 4.44. The fourth-order valence-electron chi connectivity index (χ4n) is 1.36. The number of hydrogen-bond acceptors (Lipinski definition) is 2. The second kappa shape index (κ2) is 4.80. The van der Waals surface area contributed by atoms with Gasteiger partial charge in [0.15, 0.2) is 0 Å². The molecule has 2 nitrogen and oxygen atoms in total. The van der Waals surface area contributed by atoms with Gasteiger partial charge in [0.25, 0.3) is 0 Å². The van der Waals surface area contributed by atoms with E-state index in [-0.39, 0.29) is 11.8 Å². The molecule has 1 unspecified atom stereocenters. The van der Waals surface area contributed by atoms with Gasteiger partial charge in [-0.1, -0.05) is 32.4 Å². The summed E-state index contributed by atoms with van der Waals surface area (Å²) in [5.41, 5.74) is 6.85. The maximum Gasteiger partial charge on any atom is 0.134 e. The quantitative estimate of drug-likeness (QED) is 0.874. The van der Waals surface area contributed by atoms with Crippen molar-refractivity contribution in [3.8, 4) is 5.75 Å². The highest BCUT2D eigenvalue weighted by Gasteiger charge is 2.17. The minimum Gasteiger partial charge on any atom is -0.506 e. The Morgan fingerprint density at radius 1 is 1.50 bits per heavy atom. The molecule has 78 valence electrons. The smallest absolute Gasteiger partial charge is 0.134 e. The Labute approximate surface area is 93.3 Å². The molecule has 1 aromatic carbocycles. The average molecular weight is 258 g/mol. The molecule has 0 saturated heterocycles. The maximum absolute atomic E-state index is 9.79. The molecule has 0 amide bonds. The largest absolute Gasteiger partial charge is 0.506 e.